The average Bonchev–Trinajstić information content (AvgIpc) is 3.12. The summed E-state index contributed by atoms with van der Waals surface area (Å²) in [6.45, 7) is 8.30. The van der Waals surface area contributed by atoms with Crippen molar-refractivity contribution in [2.24, 2.45) is 0 Å². The summed E-state index contributed by atoms with van der Waals surface area (Å²) in [5.74, 6) is 0.129. The van der Waals surface area contributed by atoms with Crippen LogP contribution < -0.4 is 10.2 Å². The Labute approximate surface area is 165 Å². The molecule has 2 aromatic rings. The smallest absolute Gasteiger partial charge is 0.194 e. The van der Waals surface area contributed by atoms with Gasteiger partial charge in [-0.15, -0.1) is 0 Å². The molecule has 1 aliphatic heterocycles. The quantitative estimate of drug-likeness (QED) is 0.836. The molecule has 1 fully saturated rings. The van der Waals surface area contributed by atoms with Crippen LogP contribution >= 0.6 is 0 Å². The van der Waals surface area contributed by atoms with Crippen LogP contribution in [0.4, 0.5) is 5.69 Å². The maximum atomic E-state index is 13.6. The number of nitrogens with zero attached hydrogens (tertiary/aromatic N) is 2. The molecule has 0 bridgehead atoms. The second kappa shape index (κ2) is 6.05. The molecule has 0 atom stereocenters. The fourth-order valence-electron chi connectivity index (χ4n) is 4.97. The van der Waals surface area contributed by atoms with Crippen LogP contribution in [-0.2, 0) is 11.8 Å². The van der Waals surface area contributed by atoms with Crippen LogP contribution in [0.5, 0.6) is 0 Å². The van der Waals surface area contributed by atoms with Gasteiger partial charge in [0.05, 0.1) is 11.6 Å². The molecular weight excluding hydrogens is 346 g/mol. The number of piperazine rings is 1. The molecule has 0 spiro atoms. The predicted octanol–water partition coefficient (Wildman–Crippen LogP) is 3.45. The van der Waals surface area contributed by atoms with E-state index >= 15 is 0 Å². The molecule has 0 unspecified atom stereocenters. The summed E-state index contributed by atoms with van der Waals surface area (Å²) < 4.78 is 0. The monoisotopic (exact) mass is 369 g/mol. The van der Waals surface area contributed by atoms with E-state index in [1.54, 1.807) is 0 Å². The normalized spacial score (nSPS) is 19.8. The number of allylic oxidation sites excluding steroid dienone is 2. The van der Waals surface area contributed by atoms with Crippen molar-refractivity contribution in [1.29, 1.82) is 5.26 Å². The number of nitrogens with one attached hydrogen (secondary N) is 1. The van der Waals surface area contributed by atoms with Gasteiger partial charge in [0.2, 0.25) is 0 Å². The van der Waals surface area contributed by atoms with Gasteiger partial charge in [-0.05, 0) is 52.9 Å². The van der Waals surface area contributed by atoms with E-state index in [9.17, 15) is 10.1 Å². The summed E-state index contributed by atoms with van der Waals surface area (Å²) in [7, 11) is 0. The summed E-state index contributed by atoms with van der Waals surface area (Å²) in [5.41, 5.74) is 7.67. The lowest BCUT2D eigenvalue weighted by molar-refractivity contribution is 0.105. The zero-order chi connectivity index (χ0) is 19.5. The van der Waals surface area contributed by atoms with Crippen molar-refractivity contribution in [2.45, 2.75) is 25.7 Å². The molecule has 1 N–H and O–H groups in total. The van der Waals surface area contributed by atoms with Crippen LogP contribution in [0.25, 0.3) is 5.57 Å². The lowest BCUT2D eigenvalue weighted by Gasteiger charge is -2.36. The first-order chi connectivity index (χ1) is 13.5. The van der Waals surface area contributed by atoms with Gasteiger partial charge in [0.15, 0.2) is 5.78 Å². The molecule has 0 radical (unpaired) electrons. The molecule has 2 aliphatic carbocycles. The van der Waals surface area contributed by atoms with E-state index < -0.39 is 0 Å². The first-order valence-corrected chi connectivity index (χ1v) is 9.92. The highest BCUT2D eigenvalue weighted by molar-refractivity contribution is 6.33. The Morgan fingerprint density at radius 2 is 1.86 bits per heavy atom. The van der Waals surface area contributed by atoms with Gasteiger partial charge in [0.1, 0.15) is 0 Å². The van der Waals surface area contributed by atoms with Crippen molar-refractivity contribution >= 4 is 17.0 Å². The standard InChI is InChI=1S/C24H23N3O/c1-24(2)20-6-4-17(27-9-7-26-8-10-27)13-19(20)23(28)22-18-5-3-15(14-25)11-16(18)12-21(22)24/h3-6,11,13,26H,7-10,12H2,1-2H3. The number of carbonyl (C=O) groups is 1. The Bertz CT molecular complexity index is 1080. The zero-order valence-corrected chi connectivity index (χ0v) is 16.3. The Hall–Kier alpha value is -2.90. The SMILES string of the molecule is CC1(C)C2=C(C(=O)c3cc(N4CCNCC4)ccc31)c1ccc(C#N)cc1C2. The van der Waals surface area contributed by atoms with Crippen molar-refractivity contribution in [3.05, 3.63) is 69.8 Å². The highest BCUT2D eigenvalue weighted by atomic mass is 16.1. The van der Waals surface area contributed by atoms with Gasteiger partial charge in [0, 0.05) is 48.4 Å². The number of rotatable bonds is 1. The fraction of sp³-hybridized carbons (Fsp3) is 0.333. The van der Waals surface area contributed by atoms with Gasteiger partial charge in [-0.3, -0.25) is 4.79 Å². The summed E-state index contributed by atoms with van der Waals surface area (Å²) in [4.78, 5) is 15.9. The Balaban J connectivity index is 1.63. The Morgan fingerprint density at radius 1 is 1.07 bits per heavy atom. The van der Waals surface area contributed by atoms with Crippen molar-refractivity contribution in [3.8, 4) is 6.07 Å². The maximum Gasteiger partial charge on any atom is 0.194 e. The second-order valence-electron chi connectivity index (χ2n) is 8.44. The number of anilines is 1. The molecule has 4 heteroatoms. The number of fused-ring (bicyclic) bond motifs is 3. The van der Waals surface area contributed by atoms with E-state index in [1.807, 2.05) is 18.2 Å². The average molecular weight is 369 g/mol. The number of hydrogen-bond donors (Lipinski definition) is 1. The topological polar surface area (TPSA) is 56.1 Å². The number of carbonyl (C=O) groups excluding carboxylic acids is 1. The molecule has 0 aromatic heterocycles. The van der Waals surface area contributed by atoms with Crippen LogP contribution in [0.2, 0.25) is 0 Å². The summed E-state index contributed by atoms with van der Waals surface area (Å²) in [6.07, 6.45) is 0.748. The van der Waals surface area contributed by atoms with Crippen molar-refractivity contribution in [1.82, 2.24) is 5.32 Å². The highest BCUT2D eigenvalue weighted by Crippen LogP contribution is 2.50. The molecular formula is C24H23N3O. The lowest BCUT2D eigenvalue weighted by Crippen LogP contribution is -2.43. The van der Waals surface area contributed by atoms with Gasteiger partial charge >= 0.3 is 0 Å². The van der Waals surface area contributed by atoms with E-state index in [0.717, 1.165) is 66.1 Å². The summed E-state index contributed by atoms with van der Waals surface area (Å²) in [6, 6.07) is 14.3. The second-order valence-corrected chi connectivity index (χ2v) is 8.44. The van der Waals surface area contributed by atoms with E-state index in [0.29, 0.717) is 5.56 Å². The predicted molar refractivity (Wildman–Crippen MR) is 111 cm³/mol. The lowest BCUT2D eigenvalue weighted by atomic mass is 9.68. The van der Waals surface area contributed by atoms with E-state index in [2.05, 4.69) is 48.3 Å². The fourth-order valence-corrected chi connectivity index (χ4v) is 4.97. The largest absolute Gasteiger partial charge is 0.369 e. The van der Waals surface area contributed by atoms with E-state index in [1.165, 1.54) is 5.57 Å². The molecule has 1 heterocycles. The molecule has 1 saturated heterocycles. The minimum absolute atomic E-state index is 0.129. The minimum Gasteiger partial charge on any atom is -0.369 e. The van der Waals surface area contributed by atoms with Gasteiger partial charge in [0.25, 0.3) is 0 Å². The van der Waals surface area contributed by atoms with Crippen LogP contribution in [0.3, 0.4) is 0 Å². The summed E-state index contributed by atoms with van der Waals surface area (Å²) >= 11 is 0. The van der Waals surface area contributed by atoms with Crippen LogP contribution in [0.1, 0.15) is 46.5 Å². The number of hydrogen-bond acceptors (Lipinski definition) is 4. The van der Waals surface area contributed by atoms with Crippen LogP contribution in [0.15, 0.2) is 42.0 Å². The number of Topliss-reactive ketones (excluding diaryl/α,β-unsaturated/α-hetero) is 1. The van der Waals surface area contributed by atoms with Gasteiger partial charge in [-0.1, -0.05) is 26.0 Å². The summed E-state index contributed by atoms with van der Waals surface area (Å²) in [5, 5.41) is 12.6. The van der Waals surface area contributed by atoms with E-state index in [-0.39, 0.29) is 11.2 Å². The van der Waals surface area contributed by atoms with E-state index in [4.69, 9.17) is 0 Å². The molecule has 0 amide bonds. The molecule has 4 nitrogen and oxygen atoms in total. The molecule has 28 heavy (non-hydrogen) atoms. The minimum atomic E-state index is -0.202. The van der Waals surface area contributed by atoms with Gasteiger partial charge in [-0.25, -0.2) is 0 Å². The molecule has 140 valence electrons. The molecule has 5 rings (SSSR count). The number of ketones is 1. The number of nitriles is 1. The van der Waals surface area contributed by atoms with Crippen molar-refractivity contribution in [2.75, 3.05) is 31.1 Å². The highest BCUT2D eigenvalue weighted by Gasteiger charge is 2.42. The van der Waals surface area contributed by atoms with Gasteiger partial charge < -0.3 is 10.2 Å². The molecule has 0 saturated carbocycles. The van der Waals surface area contributed by atoms with Crippen LogP contribution in [-0.4, -0.2) is 32.0 Å². The number of benzene rings is 2. The third-order valence-electron chi connectivity index (χ3n) is 6.56. The van der Waals surface area contributed by atoms with Crippen LogP contribution in [0, 0.1) is 11.3 Å². The van der Waals surface area contributed by atoms with Gasteiger partial charge in [-0.2, -0.15) is 5.26 Å². The maximum absolute atomic E-state index is 13.6. The third kappa shape index (κ3) is 2.36. The Kier molecular flexibility index (Phi) is 3.72. The van der Waals surface area contributed by atoms with Crippen molar-refractivity contribution in [3.63, 3.8) is 0 Å². The van der Waals surface area contributed by atoms with Crippen molar-refractivity contribution < 1.29 is 4.79 Å². The first kappa shape index (κ1) is 17.2. The first-order valence-electron chi connectivity index (χ1n) is 9.92. The zero-order valence-electron chi connectivity index (χ0n) is 16.3. The molecule has 2 aromatic carbocycles. The third-order valence-corrected chi connectivity index (χ3v) is 6.56. The Morgan fingerprint density at radius 3 is 2.61 bits per heavy atom. The molecule has 3 aliphatic rings.